The van der Waals surface area contributed by atoms with Crippen molar-refractivity contribution in [3.63, 3.8) is 0 Å². The van der Waals surface area contributed by atoms with Crippen LogP contribution in [0.5, 0.6) is 0 Å². The largest absolute Gasteiger partial charge is 0.394 e. The first-order chi connectivity index (χ1) is 8.77. The molecule has 0 saturated carbocycles. The number of aliphatic hydroxyl groups is 1. The Kier molecular flexibility index (Phi) is 4.87. The minimum absolute atomic E-state index is 0.214. The van der Waals surface area contributed by atoms with Crippen molar-refractivity contribution in [2.24, 2.45) is 0 Å². The van der Waals surface area contributed by atoms with Crippen molar-refractivity contribution in [1.82, 2.24) is 5.32 Å². The fourth-order valence-electron chi connectivity index (χ4n) is 2.68. The van der Waals surface area contributed by atoms with Crippen LogP contribution in [0.4, 0.5) is 5.69 Å². The fourth-order valence-corrected chi connectivity index (χ4v) is 2.91. The van der Waals surface area contributed by atoms with Crippen LogP contribution in [0, 0.1) is 0 Å². The van der Waals surface area contributed by atoms with E-state index in [2.05, 4.69) is 16.3 Å². The third-order valence-corrected chi connectivity index (χ3v) is 3.95. The van der Waals surface area contributed by atoms with E-state index in [1.165, 1.54) is 12.8 Å². The molecule has 1 heterocycles. The number of rotatable bonds is 4. The van der Waals surface area contributed by atoms with Crippen LogP contribution < -0.4 is 10.2 Å². The molecule has 0 spiro atoms. The number of hydrogen-bond acceptors (Lipinski definition) is 3. The lowest BCUT2D eigenvalue weighted by Crippen LogP contribution is -2.42. The Hall–Kier alpha value is -0.770. The van der Waals surface area contributed by atoms with E-state index in [9.17, 15) is 5.11 Å². The standard InChI is InChI=1S/C14H21ClN2O/c1-16-9-12-13(15)6-4-7-14(12)17-8-3-2-5-11(17)10-18/h4,6-7,11,16,18H,2-3,5,8-10H2,1H3. The predicted molar refractivity (Wildman–Crippen MR) is 76.3 cm³/mol. The van der Waals surface area contributed by atoms with Crippen LogP contribution in [-0.2, 0) is 6.54 Å². The molecule has 0 aliphatic carbocycles. The molecule has 1 aromatic rings. The average Bonchev–Trinajstić information content (AvgIpc) is 2.41. The van der Waals surface area contributed by atoms with E-state index in [1.54, 1.807) is 0 Å². The van der Waals surface area contributed by atoms with E-state index in [1.807, 2.05) is 19.2 Å². The van der Waals surface area contributed by atoms with Crippen molar-refractivity contribution < 1.29 is 5.11 Å². The molecule has 1 aliphatic heterocycles. The van der Waals surface area contributed by atoms with Crippen molar-refractivity contribution >= 4 is 17.3 Å². The third kappa shape index (κ3) is 2.79. The molecule has 0 radical (unpaired) electrons. The van der Waals surface area contributed by atoms with Crippen molar-refractivity contribution in [2.75, 3.05) is 25.1 Å². The van der Waals surface area contributed by atoms with Gasteiger partial charge < -0.3 is 15.3 Å². The molecule has 1 saturated heterocycles. The molecule has 0 amide bonds. The quantitative estimate of drug-likeness (QED) is 0.880. The lowest BCUT2D eigenvalue weighted by molar-refractivity contribution is 0.240. The van der Waals surface area contributed by atoms with E-state index in [0.717, 1.165) is 35.8 Å². The van der Waals surface area contributed by atoms with Crippen molar-refractivity contribution in [3.8, 4) is 0 Å². The second-order valence-electron chi connectivity index (χ2n) is 4.79. The maximum absolute atomic E-state index is 9.52. The van der Waals surface area contributed by atoms with Crippen molar-refractivity contribution in [1.29, 1.82) is 0 Å². The van der Waals surface area contributed by atoms with Gasteiger partial charge >= 0.3 is 0 Å². The van der Waals surface area contributed by atoms with Crippen LogP contribution >= 0.6 is 11.6 Å². The molecule has 0 bridgehead atoms. The molecular formula is C14H21ClN2O. The fraction of sp³-hybridized carbons (Fsp3) is 0.571. The monoisotopic (exact) mass is 268 g/mol. The highest BCUT2D eigenvalue weighted by Gasteiger charge is 2.24. The van der Waals surface area contributed by atoms with Crippen LogP contribution in [0.25, 0.3) is 0 Å². The molecule has 2 N–H and O–H groups in total. The van der Waals surface area contributed by atoms with Gasteiger partial charge in [-0.2, -0.15) is 0 Å². The molecule has 4 heteroatoms. The van der Waals surface area contributed by atoms with Crippen LogP contribution in [0.1, 0.15) is 24.8 Å². The minimum atomic E-state index is 0.214. The van der Waals surface area contributed by atoms with E-state index < -0.39 is 0 Å². The van der Waals surface area contributed by atoms with E-state index in [0.29, 0.717) is 0 Å². The number of hydrogen-bond donors (Lipinski definition) is 2. The Bertz CT molecular complexity index is 397. The molecule has 1 atom stereocenters. The summed E-state index contributed by atoms with van der Waals surface area (Å²) in [5.74, 6) is 0. The number of nitrogens with zero attached hydrogens (tertiary/aromatic N) is 1. The molecule has 1 unspecified atom stereocenters. The molecular weight excluding hydrogens is 248 g/mol. The number of aliphatic hydroxyl groups excluding tert-OH is 1. The molecule has 2 rings (SSSR count). The van der Waals surface area contributed by atoms with Crippen molar-refractivity contribution in [2.45, 2.75) is 31.8 Å². The van der Waals surface area contributed by atoms with Gasteiger partial charge in [0, 0.05) is 29.4 Å². The molecule has 1 aliphatic rings. The van der Waals surface area contributed by atoms with E-state index >= 15 is 0 Å². The summed E-state index contributed by atoms with van der Waals surface area (Å²) < 4.78 is 0. The highest BCUT2D eigenvalue weighted by molar-refractivity contribution is 6.31. The summed E-state index contributed by atoms with van der Waals surface area (Å²) in [7, 11) is 1.92. The highest BCUT2D eigenvalue weighted by Crippen LogP contribution is 2.31. The van der Waals surface area contributed by atoms with Gasteiger partial charge in [0.15, 0.2) is 0 Å². The third-order valence-electron chi connectivity index (χ3n) is 3.59. The molecule has 3 nitrogen and oxygen atoms in total. The lowest BCUT2D eigenvalue weighted by Gasteiger charge is -2.38. The Morgan fingerprint density at radius 3 is 3.00 bits per heavy atom. The van der Waals surface area contributed by atoms with Gasteiger partial charge in [0.2, 0.25) is 0 Å². The van der Waals surface area contributed by atoms with Gasteiger partial charge in [-0.05, 0) is 38.4 Å². The van der Waals surface area contributed by atoms with Gasteiger partial charge in [0.1, 0.15) is 0 Å². The summed E-state index contributed by atoms with van der Waals surface area (Å²) in [5.41, 5.74) is 2.29. The van der Waals surface area contributed by atoms with Gasteiger partial charge in [-0.3, -0.25) is 0 Å². The maximum Gasteiger partial charge on any atom is 0.0635 e. The van der Waals surface area contributed by atoms with Gasteiger partial charge in [-0.1, -0.05) is 17.7 Å². The van der Waals surface area contributed by atoms with E-state index in [-0.39, 0.29) is 12.6 Å². The van der Waals surface area contributed by atoms with Crippen molar-refractivity contribution in [3.05, 3.63) is 28.8 Å². The molecule has 100 valence electrons. The minimum Gasteiger partial charge on any atom is -0.394 e. The first-order valence-corrected chi connectivity index (χ1v) is 6.95. The summed E-state index contributed by atoms with van der Waals surface area (Å²) in [4.78, 5) is 2.31. The number of nitrogens with one attached hydrogen (secondary N) is 1. The summed E-state index contributed by atoms with van der Waals surface area (Å²) in [6.45, 7) is 1.97. The predicted octanol–water partition coefficient (Wildman–Crippen LogP) is 2.41. The Balaban J connectivity index is 2.33. The number of benzene rings is 1. The summed E-state index contributed by atoms with van der Waals surface area (Å²) in [6.07, 6.45) is 3.44. The first kappa shape index (κ1) is 13.7. The van der Waals surface area contributed by atoms with Gasteiger partial charge in [-0.25, -0.2) is 0 Å². The average molecular weight is 269 g/mol. The summed E-state index contributed by atoms with van der Waals surface area (Å²) in [5, 5.41) is 13.5. The van der Waals surface area contributed by atoms with Gasteiger partial charge in [0.25, 0.3) is 0 Å². The van der Waals surface area contributed by atoms with Crippen LogP contribution in [0.3, 0.4) is 0 Å². The second-order valence-corrected chi connectivity index (χ2v) is 5.20. The number of halogens is 1. The van der Waals surface area contributed by atoms with Gasteiger partial charge in [-0.15, -0.1) is 0 Å². The zero-order valence-corrected chi connectivity index (χ0v) is 11.6. The summed E-state index contributed by atoms with van der Waals surface area (Å²) >= 11 is 6.29. The summed E-state index contributed by atoms with van der Waals surface area (Å²) in [6, 6.07) is 6.25. The van der Waals surface area contributed by atoms with Crippen LogP contribution in [0.15, 0.2) is 18.2 Å². The Morgan fingerprint density at radius 1 is 1.44 bits per heavy atom. The lowest BCUT2D eigenvalue weighted by atomic mass is 10.00. The van der Waals surface area contributed by atoms with Crippen LogP contribution in [-0.4, -0.2) is 31.3 Å². The molecule has 0 aromatic heterocycles. The normalized spacial score (nSPS) is 20.2. The maximum atomic E-state index is 9.52. The molecule has 1 fully saturated rings. The zero-order chi connectivity index (χ0) is 13.0. The molecule has 1 aromatic carbocycles. The second kappa shape index (κ2) is 6.41. The number of piperidine rings is 1. The topological polar surface area (TPSA) is 35.5 Å². The van der Waals surface area contributed by atoms with Gasteiger partial charge in [0.05, 0.1) is 12.6 Å². The Labute approximate surface area is 114 Å². The molecule has 18 heavy (non-hydrogen) atoms. The smallest absolute Gasteiger partial charge is 0.0635 e. The van der Waals surface area contributed by atoms with E-state index in [4.69, 9.17) is 11.6 Å². The first-order valence-electron chi connectivity index (χ1n) is 6.57. The Morgan fingerprint density at radius 2 is 2.28 bits per heavy atom. The zero-order valence-electron chi connectivity index (χ0n) is 10.8. The SMILES string of the molecule is CNCc1c(Cl)cccc1N1CCCCC1CO. The highest BCUT2D eigenvalue weighted by atomic mass is 35.5. The van der Waals surface area contributed by atoms with Crippen LogP contribution in [0.2, 0.25) is 5.02 Å². The number of anilines is 1.